The van der Waals surface area contributed by atoms with Crippen LogP contribution in [0.1, 0.15) is 21.5 Å². The fourth-order valence-electron chi connectivity index (χ4n) is 1.68. The van der Waals surface area contributed by atoms with Crippen LogP contribution in [-0.2, 0) is 12.8 Å². The van der Waals surface area contributed by atoms with Crippen molar-refractivity contribution in [2.75, 3.05) is 0 Å². The van der Waals surface area contributed by atoms with Gasteiger partial charge >= 0.3 is 0 Å². The maximum absolute atomic E-state index is 10.5. The molecule has 17 heavy (non-hydrogen) atoms. The molecule has 1 aromatic heterocycles. The molecule has 0 bridgehead atoms. The summed E-state index contributed by atoms with van der Waals surface area (Å²) in [4.78, 5) is 14.6. The van der Waals surface area contributed by atoms with Crippen molar-refractivity contribution < 1.29 is 9.90 Å². The number of phenolic OH excluding ortho intramolecular Hbond substituents is 1. The molecule has 0 fully saturated rings. The summed E-state index contributed by atoms with van der Waals surface area (Å²) in [6, 6.07) is 9.07. The molecule has 2 aromatic rings. The first-order chi connectivity index (χ1) is 8.29. The van der Waals surface area contributed by atoms with E-state index in [0.717, 1.165) is 24.0 Å². The quantitative estimate of drug-likeness (QED) is 0.816. The Kier molecular flexibility index (Phi) is 3.50. The number of benzene rings is 1. The summed E-state index contributed by atoms with van der Waals surface area (Å²) in [7, 11) is 0. The molecule has 0 saturated heterocycles. The van der Waals surface area contributed by atoms with Gasteiger partial charge in [-0.3, -0.25) is 9.78 Å². The summed E-state index contributed by atoms with van der Waals surface area (Å²) >= 11 is 0. The summed E-state index contributed by atoms with van der Waals surface area (Å²) < 4.78 is 0. The van der Waals surface area contributed by atoms with Gasteiger partial charge < -0.3 is 5.11 Å². The first kappa shape index (κ1) is 11.3. The second-order valence-electron chi connectivity index (χ2n) is 3.87. The molecule has 1 heterocycles. The maximum atomic E-state index is 10.5. The Morgan fingerprint density at radius 1 is 1.18 bits per heavy atom. The smallest absolute Gasteiger partial charge is 0.153 e. The summed E-state index contributed by atoms with van der Waals surface area (Å²) in [6.45, 7) is 0. The van der Waals surface area contributed by atoms with Crippen LogP contribution in [0, 0.1) is 0 Å². The Morgan fingerprint density at radius 3 is 2.65 bits per heavy atom. The molecule has 0 spiro atoms. The van der Waals surface area contributed by atoms with Gasteiger partial charge in [-0.2, -0.15) is 0 Å². The summed E-state index contributed by atoms with van der Waals surface area (Å²) in [5, 5.41) is 9.54. The average molecular weight is 227 g/mol. The van der Waals surface area contributed by atoms with Crippen molar-refractivity contribution in [2.24, 2.45) is 0 Å². The van der Waals surface area contributed by atoms with Crippen molar-refractivity contribution in [1.82, 2.24) is 4.98 Å². The average Bonchev–Trinajstić information content (AvgIpc) is 2.38. The number of aromatic nitrogens is 1. The fourth-order valence-corrected chi connectivity index (χ4v) is 1.68. The highest BCUT2D eigenvalue weighted by atomic mass is 16.3. The van der Waals surface area contributed by atoms with E-state index in [0.29, 0.717) is 11.8 Å². The lowest BCUT2D eigenvalue weighted by atomic mass is 10.0. The number of hydrogen-bond acceptors (Lipinski definition) is 3. The van der Waals surface area contributed by atoms with E-state index >= 15 is 0 Å². The number of pyridine rings is 1. The van der Waals surface area contributed by atoms with Crippen LogP contribution < -0.4 is 0 Å². The summed E-state index contributed by atoms with van der Waals surface area (Å²) in [5.41, 5.74) is 2.50. The number of aldehydes is 1. The van der Waals surface area contributed by atoms with Gasteiger partial charge in [-0.15, -0.1) is 0 Å². The largest absolute Gasteiger partial charge is 0.507 e. The zero-order valence-electron chi connectivity index (χ0n) is 9.34. The van der Waals surface area contributed by atoms with Crippen LogP contribution in [0.4, 0.5) is 0 Å². The Morgan fingerprint density at radius 2 is 2.00 bits per heavy atom. The van der Waals surface area contributed by atoms with E-state index in [2.05, 4.69) is 4.98 Å². The fraction of sp³-hybridized carbons (Fsp3) is 0.143. The molecule has 1 N–H and O–H groups in total. The SMILES string of the molecule is O=Cc1ccc(CCc2cccnc2)cc1O. The standard InChI is InChI=1S/C14H13NO2/c16-10-13-6-5-11(8-14(13)17)3-4-12-2-1-7-15-9-12/h1-2,5-10,17H,3-4H2. The molecule has 0 amide bonds. The number of hydrogen-bond donors (Lipinski definition) is 1. The molecule has 0 aliphatic carbocycles. The number of carbonyl (C=O) groups excluding carboxylic acids is 1. The van der Waals surface area contributed by atoms with E-state index in [1.165, 1.54) is 0 Å². The number of aromatic hydroxyl groups is 1. The van der Waals surface area contributed by atoms with Gasteiger partial charge in [-0.1, -0.05) is 12.1 Å². The summed E-state index contributed by atoms with van der Waals surface area (Å²) in [5.74, 6) is 0.0451. The molecule has 0 atom stereocenters. The van der Waals surface area contributed by atoms with Crippen molar-refractivity contribution in [1.29, 1.82) is 0 Å². The van der Waals surface area contributed by atoms with Gasteiger partial charge in [-0.25, -0.2) is 0 Å². The number of rotatable bonds is 4. The number of carbonyl (C=O) groups is 1. The molecule has 1 aromatic carbocycles. The monoisotopic (exact) mass is 227 g/mol. The molecule has 86 valence electrons. The van der Waals surface area contributed by atoms with Crippen molar-refractivity contribution >= 4 is 6.29 Å². The number of aryl methyl sites for hydroxylation is 2. The Labute approximate surface area is 99.8 Å². The molecule has 0 unspecified atom stereocenters. The van der Waals surface area contributed by atoms with E-state index in [1.54, 1.807) is 18.3 Å². The van der Waals surface area contributed by atoms with Crippen LogP contribution in [0.5, 0.6) is 5.75 Å². The zero-order valence-corrected chi connectivity index (χ0v) is 9.34. The predicted molar refractivity (Wildman–Crippen MR) is 65.1 cm³/mol. The molecular weight excluding hydrogens is 214 g/mol. The van der Waals surface area contributed by atoms with Crippen LogP contribution in [0.15, 0.2) is 42.7 Å². The third-order valence-corrected chi connectivity index (χ3v) is 2.65. The Balaban J connectivity index is 2.05. The molecule has 0 radical (unpaired) electrons. The topological polar surface area (TPSA) is 50.2 Å². The van der Waals surface area contributed by atoms with Gasteiger partial charge in [0.25, 0.3) is 0 Å². The van der Waals surface area contributed by atoms with Gasteiger partial charge in [-0.05, 0) is 42.2 Å². The van der Waals surface area contributed by atoms with Crippen molar-refractivity contribution in [2.45, 2.75) is 12.8 Å². The van der Waals surface area contributed by atoms with Gasteiger partial charge in [0.05, 0.1) is 5.56 Å². The van der Waals surface area contributed by atoms with Crippen molar-refractivity contribution in [3.8, 4) is 5.75 Å². The first-order valence-corrected chi connectivity index (χ1v) is 5.45. The van der Waals surface area contributed by atoms with E-state index in [9.17, 15) is 9.90 Å². The van der Waals surface area contributed by atoms with Crippen LogP contribution in [0.2, 0.25) is 0 Å². The van der Waals surface area contributed by atoms with E-state index in [1.807, 2.05) is 24.4 Å². The highest BCUT2D eigenvalue weighted by molar-refractivity contribution is 5.79. The normalized spacial score (nSPS) is 10.1. The highest BCUT2D eigenvalue weighted by Crippen LogP contribution is 2.18. The first-order valence-electron chi connectivity index (χ1n) is 5.45. The van der Waals surface area contributed by atoms with Crippen LogP contribution in [0.3, 0.4) is 0 Å². The third-order valence-electron chi connectivity index (χ3n) is 2.65. The Hall–Kier alpha value is -2.16. The van der Waals surface area contributed by atoms with Gasteiger partial charge in [0.1, 0.15) is 5.75 Å². The van der Waals surface area contributed by atoms with E-state index in [4.69, 9.17) is 0 Å². The van der Waals surface area contributed by atoms with Crippen LogP contribution in [0.25, 0.3) is 0 Å². The third kappa shape index (κ3) is 2.91. The minimum absolute atomic E-state index is 0.0451. The molecular formula is C14H13NO2. The minimum Gasteiger partial charge on any atom is -0.507 e. The Bertz CT molecular complexity index is 509. The second kappa shape index (κ2) is 5.25. The number of phenols is 1. The van der Waals surface area contributed by atoms with E-state index < -0.39 is 0 Å². The molecule has 2 rings (SSSR count). The van der Waals surface area contributed by atoms with E-state index in [-0.39, 0.29) is 5.75 Å². The lowest BCUT2D eigenvalue weighted by Gasteiger charge is -2.03. The van der Waals surface area contributed by atoms with Gasteiger partial charge in [0, 0.05) is 12.4 Å². The molecule has 3 heteroatoms. The van der Waals surface area contributed by atoms with Gasteiger partial charge in [0.2, 0.25) is 0 Å². The van der Waals surface area contributed by atoms with Crippen molar-refractivity contribution in [3.63, 3.8) is 0 Å². The minimum atomic E-state index is 0.0451. The van der Waals surface area contributed by atoms with Crippen LogP contribution >= 0.6 is 0 Å². The molecule has 0 saturated carbocycles. The predicted octanol–water partition coefficient (Wildman–Crippen LogP) is 2.38. The maximum Gasteiger partial charge on any atom is 0.153 e. The summed E-state index contributed by atoms with van der Waals surface area (Å²) in [6.07, 6.45) is 5.92. The zero-order chi connectivity index (χ0) is 12.1. The van der Waals surface area contributed by atoms with Crippen LogP contribution in [-0.4, -0.2) is 16.4 Å². The molecule has 0 aliphatic heterocycles. The molecule has 0 aliphatic rings. The van der Waals surface area contributed by atoms with Gasteiger partial charge in [0.15, 0.2) is 6.29 Å². The number of nitrogens with zero attached hydrogens (tertiary/aromatic N) is 1. The second-order valence-corrected chi connectivity index (χ2v) is 3.87. The highest BCUT2D eigenvalue weighted by Gasteiger charge is 2.02. The lowest BCUT2D eigenvalue weighted by molar-refractivity contribution is 0.112. The lowest BCUT2D eigenvalue weighted by Crippen LogP contribution is -1.92. The molecule has 3 nitrogen and oxygen atoms in total. The van der Waals surface area contributed by atoms with Crippen molar-refractivity contribution in [3.05, 3.63) is 59.4 Å².